The summed E-state index contributed by atoms with van der Waals surface area (Å²) in [6.07, 6.45) is 3.23. The molecular formula is C25H19N3O4. The molecule has 0 radical (unpaired) electrons. The van der Waals surface area contributed by atoms with E-state index in [1.54, 1.807) is 32.5 Å². The van der Waals surface area contributed by atoms with Crippen LogP contribution in [-0.2, 0) is 0 Å². The van der Waals surface area contributed by atoms with Gasteiger partial charge in [-0.2, -0.15) is 0 Å². The Bertz CT molecular complexity index is 1600. The van der Waals surface area contributed by atoms with Gasteiger partial charge in [0.15, 0.2) is 0 Å². The van der Waals surface area contributed by atoms with Crippen LogP contribution in [0, 0.1) is 0 Å². The minimum absolute atomic E-state index is 0.392. The third kappa shape index (κ3) is 3.11. The van der Waals surface area contributed by atoms with E-state index in [9.17, 15) is 9.59 Å². The zero-order chi connectivity index (χ0) is 22.2. The minimum Gasteiger partial charge on any atom is -0.497 e. The van der Waals surface area contributed by atoms with Gasteiger partial charge in [-0.3, -0.25) is 9.78 Å². The number of aromatic amines is 1. The number of ether oxygens (including phenoxy) is 2. The maximum Gasteiger partial charge on any atom is 0.333 e. The fraction of sp³-hybridized carbons (Fsp3) is 0.0800. The Balaban J connectivity index is 1.74. The molecule has 2 heterocycles. The highest BCUT2D eigenvalue weighted by Gasteiger charge is 2.14. The molecule has 0 aliphatic rings. The van der Waals surface area contributed by atoms with Crippen molar-refractivity contribution in [2.75, 3.05) is 14.2 Å². The number of benzene rings is 3. The largest absolute Gasteiger partial charge is 0.497 e. The Morgan fingerprint density at radius 2 is 1.72 bits per heavy atom. The van der Waals surface area contributed by atoms with E-state index in [0.717, 1.165) is 26.5 Å². The average molecular weight is 425 g/mol. The number of hydrogen-bond donors (Lipinski definition) is 1. The molecule has 0 saturated carbocycles. The Kier molecular flexibility index (Phi) is 4.71. The summed E-state index contributed by atoms with van der Waals surface area (Å²) in [4.78, 5) is 33.4. The number of rotatable bonds is 4. The second-order valence-electron chi connectivity index (χ2n) is 7.28. The quantitative estimate of drug-likeness (QED) is 0.472. The highest BCUT2D eigenvalue weighted by Crippen LogP contribution is 2.34. The van der Waals surface area contributed by atoms with Gasteiger partial charge in [0.2, 0.25) is 0 Å². The fourth-order valence-corrected chi connectivity index (χ4v) is 3.92. The first-order valence-electron chi connectivity index (χ1n) is 9.95. The Labute approximate surface area is 182 Å². The van der Waals surface area contributed by atoms with Gasteiger partial charge in [-0.25, -0.2) is 9.36 Å². The highest BCUT2D eigenvalue weighted by molar-refractivity contribution is 5.90. The van der Waals surface area contributed by atoms with Gasteiger partial charge in [0, 0.05) is 22.5 Å². The van der Waals surface area contributed by atoms with Crippen molar-refractivity contribution >= 4 is 21.7 Å². The van der Waals surface area contributed by atoms with Crippen LogP contribution < -0.4 is 20.7 Å². The molecule has 7 nitrogen and oxygen atoms in total. The second-order valence-corrected chi connectivity index (χ2v) is 7.28. The summed E-state index contributed by atoms with van der Waals surface area (Å²) in [5.41, 5.74) is 1.51. The molecule has 32 heavy (non-hydrogen) atoms. The van der Waals surface area contributed by atoms with Crippen LogP contribution >= 0.6 is 0 Å². The lowest BCUT2D eigenvalue weighted by Gasteiger charge is -2.12. The number of pyridine rings is 1. The predicted molar refractivity (Wildman–Crippen MR) is 124 cm³/mol. The van der Waals surface area contributed by atoms with Gasteiger partial charge in [0.1, 0.15) is 11.5 Å². The molecule has 3 aromatic carbocycles. The summed E-state index contributed by atoms with van der Waals surface area (Å²) < 4.78 is 11.9. The van der Waals surface area contributed by atoms with Gasteiger partial charge in [-0.1, -0.05) is 30.3 Å². The maximum absolute atomic E-state index is 13.3. The van der Waals surface area contributed by atoms with E-state index in [1.807, 2.05) is 48.5 Å². The summed E-state index contributed by atoms with van der Waals surface area (Å²) in [5.74, 6) is 1.33. The van der Waals surface area contributed by atoms with Crippen LogP contribution in [0.1, 0.15) is 0 Å². The summed E-state index contributed by atoms with van der Waals surface area (Å²) in [5, 5.41) is 2.01. The summed E-state index contributed by atoms with van der Waals surface area (Å²) in [6.45, 7) is 0. The highest BCUT2D eigenvalue weighted by atomic mass is 16.5. The lowest BCUT2D eigenvalue weighted by Crippen LogP contribution is -2.33. The number of methoxy groups -OCH3 is 2. The van der Waals surface area contributed by atoms with Crippen molar-refractivity contribution in [3.63, 3.8) is 0 Å². The van der Waals surface area contributed by atoms with Crippen LogP contribution in [0.3, 0.4) is 0 Å². The molecule has 0 spiro atoms. The molecule has 5 aromatic rings. The topological polar surface area (TPSA) is 86.2 Å². The third-order valence-electron chi connectivity index (χ3n) is 5.50. The third-order valence-corrected chi connectivity index (χ3v) is 5.50. The summed E-state index contributed by atoms with van der Waals surface area (Å²) in [7, 11) is 3.18. The SMILES string of the molecule is COc1ccc(OC)c(-c2ccc3c(=O)n(-c4cncc5ccccc45)c(=O)[nH]c3c2)c1. The van der Waals surface area contributed by atoms with E-state index in [0.29, 0.717) is 28.1 Å². The zero-order valence-electron chi connectivity index (χ0n) is 17.5. The van der Waals surface area contributed by atoms with Gasteiger partial charge in [0.05, 0.1) is 37.0 Å². The first kappa shape index (κ1) is 19.6. The number of aromatic nitrogens is 3. The van der Waals surface area contributed by atoms with Crippen molar-refractivity contribution in [1.29, 1.82) is 0 Å². The molecule has 0 bridgehead atoms. The van der Waals surface area contributed by atoms with Gasteiger partial charge < -0.3 is 14.5 Å². The standard InChI is InChI=1S/C25H19N3O4/c1-31-17-8-10-23(32-2)20(12-17)15-7-9-19-21(11-15)27-25(30)28(24(19)29)22-14-26-13-16-5-3-4-6-18(16)22/h3-14H,1-2H3,(H,27,30). The molecule has 2 aromatic heterocycles. The van der Waals surface area contributed by atoms with Gasteiger partial charge in [0.25, 0.3) is 5.56 Å². The molecule has 0 atom stereocenters. The molecular weight excluding hydrogens is 406 g/mol. The average Bonchev–Trinajstić information content (AvgIpc) is 2.83. The predicted octanol–water partition coefficient (Wildman–Crippen LogP) is 3.91. The first-order valence-corrected chi connectivity index (χ1v) is 9.95. The van der Waals surface area contributed by atoms with Crippen molar-refractivity contribution in [2.45, 2.75) is 0 Å². The lowest BCUT2D eigenvalue weighted by molar-refractivity contribution is 0.404. The minimum atomic E-state index is -0.532. The lowest BCUT2D eigenvalue weighted by atomic mass is 10.0. The van der Waals surface area contributed by atoms with Gasteiger partial charge in [-0.05, 0) is 35.9 Å². The van der Waals surface area contributed by atoms with Gasteiger partial charge >= 0.3 is 5.69 Å². The fourth-order valence-electron chi connectivity index (χ4n) is 3.92. The number of hydrogen-bond acceptors (Lipinski definition) is 5. The smallest absolute Gasteiger partial charge is 0.333 e. The zero-order valence-corrected chi connectivity index (χ0v) is 17.5. The van der Waals surface area contributed by atoms with Crippen molar-refractivity contribution in [2.24, 2.45) is 0 Å². The van der Waals surface area contributed by atoms with E-state index in [-0.39, 0.29) is 0 Å². The van der Waals surface area contributed by atoms with E-state index in [2.05, 4.69) is 9.97 Å². The van der Waals surface area contributed by atoms with Crippen LogP contribution in [0.15, 0.2) is 82.6 Å². The van der Waals surface area contributed by atoms with E-state index in [4.69, 9.17) is 9.47 Å². The Morgan fingerprint density at radius 1 is 0.875 bits per heavy atom. The van der Waals surface area contributed by atoms with Crippen molar-refractivity contribution in [3.05, 3.63) is 93.9 Å². The Hall–Kier alpha value is -4.39. The normalized spacial score (nSPS) is 11.1. The van der Waals surface area contributed by atoms with Crippen molar-refractivity contribution in [1.82, 2.24) is 14.5 Å². The molecule has 0 unspecified atom stereocenters. The molecule has 0 amide bonds. The second kappa shape index (κ2) is 7.70. The van der Waals surface area contributed by atoms with Crippen LogP contribution in [0.2, 0.25) is 0 Å². The van der Waals surface area contributed by atoms with Gasteiger partial charge in [-0.15, -0.1) is 0 Å². The van der Waals surface area contributed by atoms with Crippen LogP contribution in [0.25, 0.3) is 38.5 Å². The van der Waals surface area contributed by atoms with E-state index < -0.39 is 11.2 Å². The van der Waals surface area contributed by atoms with Crippen LogP contribution in [0.5, 0.6) is 11.5 Å². The summed E-state index contributed by atoms with van der Waals surface area (Å²) >= 11 is 0. The monoisotopic (exact) mass is 425 g/mol. The molecule has 158 valence electrons. The molecule has 1 N–H and O–H groups in total. The van der Waals surface area contributed by atoms with Crippen LogP contribution in [-0.4, -0.2) is 28.8 Å². The Morgan fingerprint density at radius 3 is 2.53 bits per heavy atom. The summed E-state index contributed by atoms with van der Waals surface area (Å²) in [6, 6.07) is 18.3. The molecule has 7 heteroatoms. The van der Waals surface area contributed by atoms with Crippen molar-refractivity contribution < 1.29 is 9.47 Å². The van der Waals surface area contributed by atoms with E-state index >= 15 is 0 Å². The molecule has 5 rings (SSSR count). The molecule has 0 aliphatic carbocycles. The van der Waals surface area contributed by atoms with Crippen LogP contribution in [0.4, 0.5) is 0 Å². The number of fused-ring (bicyclic) bond motifs is 2. The number of nitrogens with one attached hydrogen (secondary N) is 1. The molecule has 0 saturated heterocycles. The number of H-pyrrole nitrogens is 1. The van der Waals surface area contributed by atoms with Crippen molar-refractivity contribution in [3.8, 4) is 28.3 Å². The molecule has 0 aliphatic heterocycles. The molecule has 0 fully saturated rings. The van der Waals surface area contributed by atoms with E-state index in [1.165, 1.54) is 6.20 Å². The maximum atomic E-state index is 13.3. The first-order chi connectivity index (χ1) is 15.6. The number of nitrogens with zero attached hydrogens (tertiary/aromatic N) is 2.